The largest absolute Gasteiger partial charge is 0.495 e. The third kappa shape index (κ3) is 10.7. The van der Waals surface area contributed by atoms with Gasteiger partial charge in [0, 0.05) is 17.0 Å². The summed E-state index contributed by atoms with van der Waals surface area (Å²) in [6.45, 7) is 3.13. The Labute approximate surface area is 140 Å². The van der Waals surface area contributed by atoms with Crippen molar-refractivity contribution in [3.63, 3.8) is 0 Å². The standard InChI is InChI=1S/C10H23N.C8H7NO.H4N2/c1-2-3-4-5-6-7-8-9-10-11;10-8-5-6-3-1-2-4-7(6)9-8;1-2/h2-11H2,1H3;1-5,9-10H;1-2H2. The van der Waals surface area contributed by atoms with E-state index in [9.17, 15) is 0 Å². The van der Waals surface area contributed by atoms with Crippen LogP contribution in [0.25, 0.3) is 10.9 Å². The van der Waals surface area contributed by atoms with Crippen LogP contribution >= 0.6 is 0 Å². The van der Waals surface area contributed by atoms with Crippen LogP contribution in [0.1, 0.15) is 58.3 Å². The van der Waals surface area contributed by atoms with Crippen LogP contribution in [0.3, 0.4) is 0 Å². The maximum atomic E-state index is 9.00. The van der Waals surface area contributed by atoms with E-state index in [4.69, 9.17) is 10.8 Å². The summed E-state index contributed by atoms with van der Waals surface area (Å²) >= 11 is 0. The lowest BCUT2D eigenvalue weighted by atomic mass is 10.1. The molecule has 5 heteroatoms. The van der Waals surface area contributed by atoms with Crippen LogP contribution in [0.5, 0.6) is 5.88 Å². The minimum absolute atomic E-state index is 0.223. The fourth-order valence-corrected chi connectivity index (χ4v) is 2.34. The van der Waals surface area contributed by atoms with E-state index in [1.54, 1.807) is 6.07 Å². The van der Waals surface area contributed by atoms with Crippen LogP contribution in [-0.4, -0.2) is 16.6 Å². The summed E-state index contributed by atoms with van der Waals surface area (Å²) in [5.74, 6) is 8.22. The van der Waals surface area contributed by atoms with Crippen molar-refractivity contribution in [3.05, 3.63) is 30.3 Å². The molecule has 132 valence electrons. The number of hydrazine groups is 1. The summed E-state index contributed by atoms with van der Waals surface area (Å²) in [5.41, 5.74) is 6.36. The van der Waals surface area contributed by atoms with Gasteiger partial charge in [-0.05, 0) is 19.0 Å². The van der Waals surface area contributed by atoms with Crippen LogP contribution < -0.4 is 17.4 Å². The van der Waals surface area contributed by atoms with Crippen molar-refractivity contribution in [3.8, 4) is 5.88 Å². The molecule has 0 aliphatic rings. The van der Waals surface area contributed by atoms with E-state index in [-0.39, 0.29) is 5.88 Å². The van der Waals surface area contributed by atoms with E-state index >= 15 is 0 Å². The lowest BCUT2D eigenvalue weighted by Crippen LogP contribution is -2.02. The molecule has 1 heterocycles. The first kappa shape index (κ1) is 21.4. The zero-order valence-corrected chi connectivity index (χ0v) is 14.4. The number of aromatic nitrogens is 1. The smallest absolute Gasteiger partial charge is 0.189 e. The molecule has 0 aliphatic carbocycles. The number of para-hydroxylation sites is 1. The topological polar surface area (TPSA) is 114 Å². The van der Waals surface area contributed by atoms with Gasteiger partial charge in [0.2, 0.25) is 0 Å². The molecule has 5 nitrogen and oxygen atoms in total. The Bertz CT molecular complexity index is 444. The fraction of sp³-hybridized carbons (Fsp3) is 0.556. The van der Waals surface area contributed by atoms with E-state index in [0.717, 1.165) is 17.4 Å². The minimum atomic E-state index is 0.223. The van der Waals surface area contributed by atoms with E-state index in [1.165, 1.54) is 51.4 Å². The molecule has 0 saturated heterocycles. The number of fused-ring (bicyclic) bond motifs is 1. The van der Waals surface area contributed by atoms with Crippen molar-refractivity contribution in [2.75, 3.05) is 6.54 Å². The zero-order valence-electron chi connectivity index (χ0n) is 14.4. The van der Waals surface area contributed by atoms with Gasteiger partial charge in [-0.15, -0.1) is 0 Å². The van der Waals surface area contributed by atoms with Crippen LogP contribution in [0, 0.1) is 0 Å². The molecule has 0 amide bonds. The Morgan fingerprint density at radius 3 is 2.04 bits per heavy atom. The highest BCUT2D eigenvalue weighted by Crippen LogP contribution is 2.17. The van der Waals surface area contributed by atoms with Crippen LogP contribution in [0.2, 0.25) is 0 Å². The molecule has 0 saturated carbocycles. The van der Waals surface area contributed by atoms with Crippen molar-refractivity contribution in [2.45, 2.75) is 58.3 Å². The van der Waals surface area contributed by atoms with Crippen molar-refractivity contribution < 1.29 is 5.11 Å². The number of hydrogen-bond donors (Lipinski definition) is 5. The van der Waals surface area contributed by atoms with Crippen molar-refractivity contribution in [2.24, 2.45) is 17.4 Å². The number of benzene rings is 1. The molecular formula is C18H34N4O. The molecule has 0 unspecified atom stereocenters. The highest BCUT2D eigenvalue weighted by molar-refractivity contribution is 5.80. The highest BCUT2D eigenvalue weighted by Gasteiger charge is 1.94. The molecule has 1 aromatic heterocycles. The maximum absolute atomic E-state index is 9.00. The monoisotopic (exact) mass is 322 g/mol. The Hall–Kier alpha value is -1.56. The quantitative estimate of drug-likeness (QED) is 0.289. The van der Waals surface area contributed by atoms with Crippen LogP contribution in [0.15, 0.2) is 30.3 Å². The Morgan fingerprint density at radius 2 is 1.48 bits per heavy atom. The van der Waals surface area contributed by atoms with Crippen molar-refractivity contribution in [1.82, 2.24) is 4.98 Å². The lowest BCUT2D eigenvalue weighted by Gasteiger charge is -1.99. The molecular weight excluding hydrogens is 288 g/mol. The van der Waals surface area contributed by atoms with Gasteiger partial charge in [-0.2, -0.15) is 0 Å². The predicted octanol–water partition coefficient (Wildman–Crippen LogP) is 3.78. The lowest BCUT2D eigenvalue weighted by molar-refractivity contribution is 0.458. The summed E-state index contributed by atoms with van der Waals surface area (Å²) in [5, 5.41) is 10.0. The van der Waals surface area contributed by atoms with Gasteiger partial charge in [-0.3, -0.25) is 11.7 Å². The van der Waals surface area contributed by atoms with E-state index in [1.807, 2.05) is 24.3 Å². The van der Waals surface area contributed by atoms with Crippen molar-refractivity contribution >= 4 is 10.9 Å². The molecule has 0 radical (unpaired) electrons. The molecule has 0 spiro atoms. The second-order valence-electron chi connectivity index (χ2n) is 5.51. The van der Waals surface area contributed by atoms with Crippen molar-refractivity contribution in [1.29, 1.82) is 0 Å². The zero-order chi connectivity index (χ0) is 17.3. The first-order valence-corrected chi connectivity index (χ1v) is 8.58. The van der Waals surface area contributed by atoms with Crippen LogP contribution in [0.4, 0.5) is 0 Å². The van der Waals surface area contributed by atoms with E-state index in [2.05, 4.69) is 23.6 Å². The highest BCUT2D eigenvalue weighted by atomic mass is 16.3. The van der Waals surface area contributed by atoms with Gasteiger partial charge in [-0.25, -0.2) is 0 Å². The number of aromatic hydroxyl groups is 1. The van der Waals surface area contributed by atoms with Gasteiger partial charge < -0.3 is 15.8 Å². The third-order valence-corrected chi connectivity index (χ3v) is 3.57. The second-order valence-corrected chi connectivity index (χ2v) is 5.51. The third-order valence-electron chi connectivity index (χ3n) is 3.57. The Morgan fingerprint density at radius 1 is 0.913 bits per heavy atom. The van der Waals surface area contributed by atoms with E-state index in [0.29, 0.717) is 0 Å². The summed E-state index contributed by atoms with van der Waals surface area (Å²) < 4.78 is 0. The SMILES string of the molecule is CCCCCCCCCCN.NN.Oc1cc2ccccc2[nH]1. The van der Waals surface area contributed by atoms with E-state index < -0.39 is 0 Å². The maximum Gasteiger partial charge on any atom is 0.189 e. The van der Waals surface area contributed by atoms with Gasteiger partial charge >= 0.3 is 0 Å². The first-order valence-electron chi connectivity index (χ1n) is 8.58. The van der Waals surface area contributed by atoms with Gasteiger partial charge in [0.25, 0.3) is 0 Å². The average Bonchev–Trinajstić information content (AvgIpc) is 2.96. The Kier molecular flexibility index (Phi) is 14.3. The fourth-order valence-electron chi connectivity index (χ4n) is 2.34. The molecule has 0 bridgehead atoms. The van der Waals surface area contributed by atoms with Gasteiger partial charge in [-0.1, -0.05) is 70.1 Å². The molecule has 23 heavy (non-hydrogen) atoms. The van der Waals surface area contributed by atoms with Gasteiger partial charge in [0.05, 0.1) is 0 Å². The van der Waals surface area contributed by atoms with Gasteiger partial charge in [0.1, 0.15) is 0 Å². The average molecular weight is 322 g/mol. The molecule has 8 N–H and O–H groups in total. The van der Waals surface area contributed by atoms with Crippen LogP contribution in [-0.2, 0) is 0 Å². The number of hydrogen-bond acceptors (Lipinski definition) is 4. The number of nitrogens with one attached hydrogen (secondary N) is 1. The molecule has 2 rings (SSSR count). The van der Waals surface area contributed by atoms with Gasteiger partial charge in [0.15, 0.2) is 5.88 Å². The molecule has 1 aromatic carbocycles. The predicted molar refractivity (Wildman–Crippen MR) is 100 cm³/mol. The first-order chi connectivity index (χ1) is 11.3. The number of nitrogens with two attached hydrogens (primary N) is 3. The molecule has 0 fully saturated rings. The number of unbranched alkanes of at least 4 members (excludes halogenated alkanes) is 7. The number of aromatic amines is 1. The summed E-state index contributed by atoms with van der Waals surface area (Å²) in [6, 6.07) is 9.45. The molecule has 0 atom stereocenters. The number of rotatable bonds is 8. The summed E-state index contributed by atoms with van der Waals surface area (Å²) in [4.78, 5) is 2.81. The molecule has 0 aliphatic heterocycles. The summed E-state index contributed by atoms with van der Waals surface area (Å²) in [6.07, 6.45) is 11.0. The minimum Gasteiger partial charge on any atom is -0.495 e. The Balaban J connectivity index is 0.000000380. The second kappa shape index (κ2) is 15.3. The number of H-pyrrole nitrogens is 1. The normalized spacial score (nSPS) is 9.74. The summed E-state index contributed by atoms with van der Waals surface area (Å²) in [7, 11) is 0. The molecule has 2 aromatic rings.